The van der Waals surface area contributed by atoms with Gasteiger partial charge in [0, 0.05) is 17.9 Å². The molecule has 0 aliphatic carbocycles. The number of benzene rings is 2. The second-order valence-electron chi connectivity index (χ2n) is 6.85. The molecule has 4 aromatic rings. The van der Waals surface area contributed by atoms with Crippen LogP contribution in [0.15, 0.2) is 42.6 Å². The summed E-state index contributed by atoms with van der Waals surface area (Å²) in [6.07, 6.45) is 2.09. The van der Waals surface area contributed by atoms with Crippen molar-refractivity contribution in [1.29, 1.82) is 0 Å². The lowest BCUT2D eigenvalue weighted by Gasteiger charge is -2.10. The molecule has 0 radical (unpaired) electrons. The molecule has 0 aliphatic heterocycles. The van der Waals surface area contributed by atoms with E-state index in [2.05, 4.69) is 41.3 Å². The maximum atomic E-state index is 5.57. The lowest BCUT2D eigenvalue weighted by molar-refractivity contribution is -0.665. The Kier molecular flexibility index (Phi) is 6.30. The van der Waals surface area contributed by atoms with E-state index in [-0.39, 0.29) is 24.0 Å². The molecule has 30 heavy (non-hydrogen) atoms. The first-order valence-electron chi connectivity index (χ1n) is 9.31. The highest BCUT2D eigenvalue weighted by molar-refractivity contribution is 6.03. The van der Waals surface area contributed by atoms with Gasteiger partial charge in [-0.3, -0.25) is 0 Å². The van der Waals surface area contributed by atoms with Gasteiger partial charge in [0.25, 0.3) is 5.82 Å². The van der Waals surface area contributed by atoms with Crippen LogP contribution in [0.1, 0.15) is 5.82 Å². The van der Waals surface area contributed by atoms with Gasteiger partial charge in [-0.2, -0.15) is 4.40 Å². The van der Waals surface area contributed by atoms with E-state index in [0.29, 0.717) is 23.0 Å². The van der Waals surface area contributed by atoms with Gasteiger partial charge in [0.2, 0.25) is 0 Å². The minimum Gasteiger partial charge on any atom is -1.00 e. The highest BCUT2D eigenvalue weighted by Crippen LogP contribution is 2.38. The number of rotatable bonds is 5. The molecule has 0 N–H and O–H groups in total. The molecule has 0 fully saturated rings. The molecule has 0 spiro atoms. The molecule has 0 aliphatic rings. The number of halogens is 1. The smallest absolute Gasteiger partial charge is 0.258 e. The zero-order valence-corrected chi connectivity index (χ0v) is 20.1. The summed E-state index contributed by atoms with van der Waals surface area (Å²) >= 11 is 0. The Labute approximate surface area is 193 Å². The molecule has 7 heteroatoms. The number of aromatic nitrogens is 2. The van der Waals surface area contributed by atoms with Gasteiger partial charge in [-0.05, 0) is 41.8 Å². The van der Waals surface area contributed by atoms with Crippen LogP contribution in [0, 0.1) is 6.92 Å². The second kappa shape index (κ2) is 8.59. The summed E-state index contributed by atoms with van der Waals surface area (Å²) in [6, 6.07) is 12.1. The summed E-state index contributed by atoms with van der Waals surface area (Å²) in [7, 11) is 8.67. The van der Waals surface area contributed by atoms with Crippen LogP contribution in [-0.4, -0.2) is 32.8 Å². The summed E-state index contributed by atoms with van der Waals surface area (Å²) < 4.78 is 26.4. The third-order valence-electron chi connectivity index (χ3n) is 5.51. The van der Waals surface area contributed by atoms with Crippen LogP contribution >= 0.6 is 0 Å². The molecule has 2 aromatic heterocycles. The van der Waals surface area contributed by atoms with Crippen LogP contribution in [-0.2, 0) is 7.05 Å². The number of methoxy groups -OCH3 is 4. The van der Waals surface area contributed by atoms with Crippen molar-refractivity contribution in [2.75, 3.05) is 28.4 Å². The predicted molar refractivity (Wildman–Crippen MR) is 112 cm³/mol. The molecule has 0 atom stereocenters. The molecule has 0 saturated carbocycles. The quantitative estimate of drug-likeness (QED) is 0.290. The van der Waals surface area contributed by atoms with E-state index in [1.165, 1.54) is 0 Å². The molecular weight excluding hydrogens is 495 g/mol. The first kappa shape index (κ1) is 22.0. The van der Waals surface area contributed by atoms with Crippen molar-refractivity contribution in [1.82, 2.24) is 4.40 Å². The number of nitrogens with zero attached hydrogens (tertiary/aromatic N) is 2. The SMILES string of the molecule is COc1ccc(-c2c3c4cc(OC)c(OC)cc4ccn3c(C)[n+]2C)cc1OC.[I-]. The number of ether oxygens (including phenoxy) is 4. The first-order chi connectivity index (χ1) is 14.0. The third kappa shape index (κ3) is 3.30. The number of pyridine rings is 1. The van der Waals surface area contributed by atoms with Crippen LogP contribution < -0.4 is 47.5 Å². The predicted octanol–water partition coefficient (Wildman–Crippen LogP) is 0.931. The molecular formula is C23H25IN2O4. The van der Waals surface area contributed by atoms with Crippen molar-refractivity contribution < 1.29 is 47.5 Å². The molecule has 0 saturated heterocycles. The van der Waals surface area contributed by atoms with Gasteiger partial charge in [-0.25, -0.2) is 4.57 Å². The summed E-state index contributed by atoms with van der Waals surface area (Å²) in [5, 5.41) is 2.16. The van der Waals surface area contributed by atoms with E-state index in [1.54, 1.807) is 28.4 Å². The van der Waals surface area contributed by atoms with Gasteiger partial charge in [0.05, 0.1) is 41.7 Å². The Balaban J connectivity index is 0.00000256. The van der Waals surface area contributed by atoms with Crippen LogP contribution in [0.2, 0.25) is 0 Å². The number of imidazole rings is 1. The average Bonchev–Trinajstić information content (AvgIpc) is 3.02. The summed E-state index contributed by atoms with van der Waals surface area (Å²) in [5.41, 5.74) is 3.22. The minimum absolute atomic E-state index is 0. The fraction of sp³-hybridized carbons (Fsp3) is 0.261. The summed E-state index contributed by atoms with van der Waals surface area (Å²) in [6.45, 7) is 2.10. The van der Waals surface area contributed by atoms with Crippen molar-refractivity contribution in [2.24, 2.45) is 7.05 Å². The Bertz CT molecular complexity index is 1230. The lowest BCUT2D eigenvalue weighted by atomic mass is 10.0. The monoisotopic (exact) mass is 520 g/mol. The Morgan fingerprint density at radius 3 is 2.00 bits per heavy atom. The molecule has 6 nitrogen and oxygen atoms in total. The third-order valence-corrected chi connectivity index (χ3v) is 5.51. The van der Waals surface area contributed by atoms with E-state index in [4.69, 9.17) is 18.9 Å². The highest BCUT2D eigenvalue weighted by atomic mass is 127. The number of hydrogen-bond acceptors (Lipinski definition) is 4. The maximum Gasteiger partial charge on any atom is 0.258 e. The van der Waals surface area contributed by atoms with Crippen LogP contribution in [0.4, 0.5) is 0 Å². The number of aryl methyl sites for hydroxylation is 1. The molecule has 2 aromatic carbocycles. The fourth-order valence-electron chi connectivity index (χ4n) is 3.90. The van der Waals surface area contributed by atoms with Gasteiger partial charge in [-0.15, -0.1) is 0 Å². The molecule has 0 bridgehead atoms. The molecule has 2 heterocycles. The first-order valence-corrected chi connectivity index (χ1v) is 9.31. The van der Waals surface area contributed by atoms with Gasteiger partial charge in [0.1, 0.15) is 0 Å². The zero-order valence-electron chi connectivity index (χ0n) is 17.9. The lowest BCUT2D eigenvalue weighted by Crippen LogP contribution is -3.00. The second-order valence-corrected chi connectivity index (χ2v) is 6.85. The Hall–Kier alpha value is -2.68. The number of fused-ring (bicyclic) bond motifs is 3. The van der Waals surface area contributed by atoms with E-state index < -0.39 is 0 Å². The van der Waals surface area contributed by atoms with E-state index in [1.807, 2.05) is 24.3 Å². The van der Waals surface area contributed by atoms with Crippen molar-refractivity contribution in [3.8, 4) is 34.3 Å². The molecule has 158 valence electrons. The van der Waals surface area contributed by atoms with Crippen molar-refractivity contribution in [3.05, 3.63) is 48.4 Å². The average molecular weight is 520 g/mol. The van der Waals surface area contributed by atoms with Crippen LogP contribution in [0.25, 0.3) is 27.5 Å². The highest BCUT2D eigenvalue weighted by Gasteiger charge is 2.25. The Morgan fingerprint density at radius 1 is 0.767 bits per heavy atom. The topological polar surface area (TPSA) is 45.2 Å². The molecule has 0 unspecified atom stereocenters. The normalized spacial score (nSPS) is 10.7. The fourth-order valence-corrected chi connectivity index (χ4v) is 3.90. The van der Waals surface area contributed by atoms with Crippen molar-refractivity contribution >= 4 is 16.3 Å². The standard InChI is InChI=1S/C23H25N2O4.HI/c1-14-24(2)22(16-7-8-18(26-3)19(12-16)27-4)23-17-13-21(29-6)20(28-5)11-15(17)9-10-25(14)23;/h7-13H,1-6H3;1H/q+1;/p-1. The maximum absolute atomic E-state index is 5.57. The summed E-state index contributed by atoms with van der Waals surface area (Å²) in [5.74, 6) is 3.93. The summed E-state index contributed by atoms with van der Waals surface area (Å²) in [4.78, 5) is 0. The zero-order chi connectivity index (χ0) is 20.7. The van der Waals surface area contributed by atoms with E-state index in [0.717, 1.165) is 33.4 Å². The van der Waals surface area contributed by atoms with Gasteiger partial charge >= 0.3 is 0 Å². The van der Waals surface area contributed by atoms with Crippen LogP contribution in [0.3, 0.4) is 0 Å². The molecule has 0 amide bonds. The molecule has 4 rings (SSSR count). The van der Waals surface area contributed by atoms with Gasteiger partial charge < -0.3 is 42.9 Å². The van der Waals surface area contributed by atoms with Crippen molar-refractivity contribution in [2.45, 2.75) is 6.92 Å². The van der Waals surface area contributed by atoms with E-state index >= 15 is 0 Å². The number of hydrogen-bond donors (Lipinski definition) is 0. The van der Waals surface area contributed by atoms with Crippen molar-refractivity contribution in [3.63, 3.8) is 0 Å². The van der Waals surface area contributed by atoms with E-state index in [9.17, 15) is 0 Å². The Morgan fingerprint density at radius 2 is 1.37 bits per heavy atom. The van der Waals surface area contributed by atoms with Gasteiger partial charge in [-0.1, -0.05) is 0 Å². The van der Waals surface area contributed by atoms with Crippen LogP contribution in [0.5, 0.6) is 23.0 Å². The minimum atomic E-state index is 0. The largest absolute Gasteiger partial charge is 1.00 e. The van der Waals surface area contributed by atoms with Gasteiger partial charge in [0.15, 0.2) is 34.2 Å².